The van der Waals surface area contributed by atoms with Crippen molar-refractivity contribution in [2.75, 3.05) is 20.2 Å². The predicted octanol–water partition coefficient (Wildman–Crippen LogP) is 2.72. The Labute approximate surface area is 164 Å². The fraction of sp³-hybridized carbons (Fsp3) is 0.579. The van der Waals surface area contributed by atoms with Gasteiger partial charge in [0.15, 0.2) is 5.65 Å². The van der Waals surface area contributed by atoms with E-state index in [1.165, 1.54) is 18.9 Å². The molecule has 2 aromatic rings. The van der Waals surface area contributed by atoms with Gasteiger partial charge in [0.25, 0.3) is 5.91 Å². The van der Waals surface area contributed by atoms with Gasteiger partial charge in [0, 0.05) is 18.8 Å². The average molecular weight is 410 g/mol. The quantitative estimate of drug-likeness (QED) is 0.712. The first-order chi connectivity index (χ1) is 13.4. The highest BCUT2D eigenvalue weighted by Gasteiger charge is 2.68. The monoisotopic (exact) mass is 410 g/mol. The molecule has 7 nitrogen and oxygen atoms in total. The Balaban J connectivity index is 1.72. The van der Waals surface area contributed by atoms with Crippen molar-refractivity contribution >= 4 is 17.5 Å². The minimum atomic E-state index is -4.63. The molecule has 1 aliphatic heterocycles. The second-order valence-corrected chi connectivity index (χ2v) is 8.63. The van der Waals surface area contributed by atoms with Gasteiger partial charge in [-0.05, 0) is 30.7 Å². The summed E-state index contributed by atoms with van der Waals surface area (Å²) in [6.45, 7) is 5.99. The van der Waals surface area contributed by atoms with Gasteiger partial charge in [-0.2, -0.15) is 18.3 Å². The van der Waals surface area contributed by atoms with Crippen molar-refractivity contribution in [2.24, 2.45) is 16.7 Å². The Morgan fingerprint density at radius 2 is 2.00 bits per heavy atom. The van der Waals surface area contributed by atoms with E-state index in [2.05, 4.69) is 10.1 Å². The van der Waals surface area contributed by atoms with Crippen LogP contribution in [0.5, 0.6) is 0 Å². The molecule has 0 aromatic carbocycles. The Morgan fingerprint density at radius 1 is 1.31 bits per heavy atom. The fourth-order valence-corrected chi connectivity index (χ4v) is 5.13. The maximum absolute atomic E-state index is 13.3. The van der Waals surface area contributed by atoms with E-state index in [-0.39, 0.29) is 40.8 Å². The molecule has 10 heteroatoms. The number of ether oxygens (including phenoxy) is 1. The van der Waals surface area contributed by atoms with Gasteiger partial charge in [0.1, 0.15) is 11.3 Å². The number of rotatable bonds is 2. The van der Waals surface area contributed by atoms with Gasteiger partial charge in [-0.3, -0.25) is 9.59 Å². The van der Waals surface area contributed by atoms with Crippen molar-refractivity contribution in [3.63, 3.8) is 0 Å². The first-order valence-corrected chi connectivity index (χ1v) is 9.21. The number of carbonyl (C=O) groups excluding carboxylic acids is 2. The highest BCUT2D eigenvalue weighted by Crippen LogP contribution is 2.63. The number of hydrogen-bond donors (Lipinski definition) is 0. The number of likely N-dealkylation sites (tertiary alicyclic amines) is 1. The molecule has 29 heavy (non-hydrogen) atoms. The molecule has 1 aliphatic carbocycles. The van der Waals surface area contributed by atoms with Crippen LogP contribution in [-0.2, 0) is 15.7 Å². The third-order valence-corrected chi connectivity index (χ3v) is 6.26. The van der Waals surface area contributed by atoms with Crippen LogP contribution < -0.4 is 0 Å². The first-order valence-electron chi connectivity index (χ1n) is 9.21. The van der Waals surface area contributed by atoms with E-state index in [4.69, 9.17) is 4.74 Å². The first kappa shape index (κ1) is 19.7. The van der Waals surface area contributed by atoms with Crippen LogP contribution in [0.3, 0.4) is 0 Å². The normalized spacial score (nSPS) is 25.6. The second kappa shape index (κ2) is 5.93. The molecule has 0 bridgehead atoms. The molecule has 1 saturated heterocycles. The summed E-state index contributed by atoms with van der Waals surface area (Å²) >= 11 is 0. The molecule has 156 valence electrons. The summed E-state index contributed by atoms with van der Waals surface area (Å²) in [5.41, 5.74) is -1.92. The largest absolute Gasteiger partial charge is 0.469 e. The zero-order chi connectivity index (χ0) is 21.4. The zero-order valence-electron chi connectivity index (χ0n) is 16.5. The second-order valence-electron chi connectivity index (χ2n) is 8.63. The van der Waals surface area contributed by atoms with Gasteiger partial charge in [0.05, 0.1) is 18.7 Å². The third-order valence-electron chi connectivity index (χ3n) is 6.26. The van der Waals surface area contributed by atoms with E-state index in [1.54, 1.807) is 0 Å². The van der Waals surface area contributed by atoms with Crippen LogP contribution >= 0.6 is 0 Å². The van der Waals surface area contributed by atoms with Crippen molar-refractivity contribution in [1.29, 1.82) is 0 Å². The predicted molar refractivity (Wildman–Crippen MR) is 95.0 cm³/mol. The van der Waals surface area contributed by atoms with Gasteiger partial charge in [-0.1, -0.05) is 13.8 Å². The number of methoxy groups -OCH3 is 1. The van der Waals surface area contributed by atoms with E-state index in [0.717, 1.165) is 12.3 Å². The van der Waals surface area contributed by atoms with Crippen LogP contribution in [0.4, 0.5) is 13.2 Å². The third kappa shape index (κ3) is 2.71. The Kier molecular flexibility index (Phi) is 4.02. The summed E-state index contributed by atoms with van der Waals surface area (Å²) in [5.74, 6) is -0.918. The molecule has 1 amide bonds. The molecule has 0 N–H and O–H groups in total. The number of alkyl halides is 3. The molecule has 2 aliphatic rings. The van der Waals surface area contributed by atoms with Gasteiger partial charge >= 0.3 is 12.1 Å². The number of halogens is 3. The van der Waals surface area contributed by atoms with Crippen molar-refractivity contribution < 1.29 is 27.5 Å². The van der Waals surface area contributed by atoms with Gasteiger partial charge in [-0.15, -0.1) is 0 Å². The zero-order valence-corrected chi connectivity index (χ0v) is 16.5. The van der Waals surface area contributed by atoms with Crippen molar-refractivity contribution in [1.82, 2.24) is 19.5 Å². The molecular formula is C19H21F3N4O3. The number of aryl methyl sites for hydroxylation is 1. The molecule has 1 saturated carbocycles. The average Bonchev–Trinajstić information content (AvgIpc) is 3.18. The summed E-state index contributed by atoms with van der Waals surface area (Å²) in [4.78, 5) is 31.2. The van der Waals surface area contributed by atoms with Crippen molar-refractivity contribution in [3.05, 3.63) is 29.2 Å². The lowest BCUT2D eigenvalue weighted by atomic mass is 9.48. The minimum Gasteiger partial charge on any atom is -0.469 e. The summed E-state index contributed by atoms with van der Waals surface area (Å²) in [7, 11) is 1.32. The van der Waals surface area contributed by atoms with E-state index < -0.39 is 23.2 Å². The summed E-state index contributed by atoms with van der Waals surface area (Å²) < 4.78 is 45.7. The Bertz CT molecular complexity index is 1030. The molecule has 2 aromatic heterocycles. The fourth-order valence-electron chi connectivity index (χ4n) is 5.13. The number of carbonyl (C=O) groups is 2. The number of esters is 1. The van der Waals surface area contributed by atoms with E-state index in [9.17, 15) is 22.8 Å². The molecule has 0 radical (unpaired) electrons. The van der Waals surface area contributed by atoms with Crippen molar-refractivity contribution in [3.8, 4) is 0 Å². The Morgan fingerprint density at radius 3 is 2.59 bits per heavy atom. The van der Waals surface area contributed by atoms with Gasteiger partial charge in [-0.25, -0.2) is 9.50 Å². The molecule has 0 spiro atoms. The van der Waals surface area contributed by atoms with Crippen LogP contribution in [0.25, 0.3) is 5.65 Å². The highest BCUT2D eigenvalue weighted by molar-refractivity contribution is 6.00. The lowest BCUT2D eigenvalue weighted by molar-refractivity contribution is -0.174. The highest BCUT2D eigenvalue weighted by atomic mass is 19.4. The van der Waals surface area contributed by atoms with Crippen LogP contribution in [0, 0.1) is 23.7 Å². The molecule has 4 rings (SSSR count). The maximum atomic E-state index is 13.3. The Hall–Kier alpha value is -2.65. The van der Waals surface area contributed by atoms with Crippen LogP contribution in [0.15, 0.2) is 12.3 Å². The summed E-state index contributed by atoms with van der Waals surface area (Å²) in [6, 6.07) is 0.888. The number of hydrogen-bond acceptors (Lipinski definition) is 5. The molecule has 2 atom stereocenters. The molecule has 0 unspecified atom stereocenters. The number of aromatic nitrogens is 3. The molecule has 2 fully saturated rings. The number of amides is 1. The molecule has 3 heterocycles. The van der Waals surface area contributed by atoms with E-state index >= 15 is 0 Å². The van der Waals surface area contributed by atoms with Gasteiger partial charge in [0.2, 0.25) is 0 Å². The maximum Gasteiger partial charge on any atom is 0.433 e. The summed E-state index contributed by atoms with van der Waals surface area (Å²) in [5, 5.41) is 3.76. The van der Waals surface area contributed by atoms with Crippen LogP contribution in [-0.4, -0.2) is 51.6 Å². The van der Waals surface area contributed by atoms with Crippen molar-refractivity contribution in [2.45, 2.75) is 33.4 Å². The molecular weight excluding hydrogens is 389 g/mol. The van der Waals surface area contributed by atoms with E-state index in [1.807, 2.05) is 13.8 Å². The SMILES string of the molecule is COC(=O)[C@@]12CN(C(=O)c3cnn4c(C(F)(F)F)cc(C)nc34)C[C@@H]1C(C)(C)C2. The number of fused-ring (bicyclic) bond motifs is 2. The topological polar surface area (TPSA) is 76.8 Å². The number of nitrogens with zero attached hydrogens (tertiary/aromatic N) is 4. The standard InChI is InChI=1S/C19H21F3N4O3/c1-10-5-13(19(20,21)22)26-14(24-10)11(6-23-26)15(27)25-7-12-17(2,3)8-18(12,9-25)16(28)29-4/h5-6,12H,7-9H2,1-4H3/t12-,18+/m1/s1. The smallest absolute Gasteiger partial charge is 0.433 e. The summed E-state index contributed by atoms with van der Waals surface area (Å²) in [6.07, 6.45) is -2.94. The van der Waals surface area contributed by atoms with Crippen LogP contribution in [0.1, 0.15) is 42.0 Å². The lowest BCUT2D eigenvalue weighted by Crippen LogP contribution is -2.57. The minimum absolute atomic E-state index is 0.0154. The van der Waals surface area contributed by atoms with Crippen LogP contribution in [0.2, 0.25) is 0 Å². The lowest BCUT2D eigenvalue weighted by Gasteiger charge is -2.54. The van der Waals surface area contributed by atoms with Gasteiger partial charge < -0.3 is 9.64 Å². The van der Waals surface area contributed by atoms with E-state index in [0.29, 0.717) is 17.5 Å².